The van der Waals surface area contributed by atoms with Crippen molar-refractivity contribution in [3.63, 3.8) is 0 Å². The highest BCUT2D eigenvalue weighted by Crippen LogP contribution is 2.20. The number of nitrogens with zero attached hydrogens (tertiary/aromatic N) is 4. The van der Waals surface area contributed by atoms with Gasteiger partial charge in [0.1, 0.15) is 17.8 Å². The Kier molecular flexibility index (Phi) is 5.16. The van der Waals surface area contributed by atoms with Crippen LogP contribution in [0, 0.1) is 0 Å². The largest absolute Gasteiger partial charge is 0.370 e. The van der Waals surface area contributed by atoms with E-state index in [-0.39, 0.29) is 11.5 Å². The van der Waals surface area contributed by atoms with E-state index in [1.54, 1.807) is 0 Å². The van der Waals surface area contributed by atoms with Crippen LogP contribution in [0.4, 0.5) is 14.6 Å². The molecule has 0 bridgehead atoms. The standard InChI is InChI=1S/C12H18F2N6/c1-2-4-15-5-3-6-16-10-7-9(11(13)14)19-12-17-8-18-20(10)12/h7-8,11,15-16H,2-6H2,1H3. The fraction of sp³-hybridized carbons (Fsp3) is 0.583. The first-order valence-electron chi connectivity index (χ1n) is 6.65. The molecule has 0 amide bonds. The van der Waals surface area contributed by atoms with Gasteiger partial charge >= 0.3 is 0 Å². The van der Waals surface area contributed by atoms with E-state index in [1.165, 1.54) is 16.9 Å². The third-order valence-electron chi connectivity index (χ3n) is 2.76. The lowest BCUT2D eigenvalue weighted by Gasteiger charge is -2.09. The summed E-state index contributed by atoms with van der Waals surface area (Å²) in [6.07, 6.45) is 0.659. The SMILES string of the molecule is CCCNCCCNc1cc(C(F)F)nc2ncnn12. The normalized spacial score (nSPS) is 11.4. The maximum atomic E-state index is 12.8. The van der Waals surface area contributed by atoms with Crippen LogP contribution in [0.5, 0.6) is 0 Å². The van der Waals surface area contributed by atoms with Crippen LogP contribution in [0.2, 0.25) is 0 Å². The lowest BCUT2D eigenvalue weighted by Crippen LogP contribution is -2.19. The second-order valence-electron chi connectivity index (χ2n) is 4.37. The summed E-state index contributed by atoms with van der Waals surface area (Å²) in [6.45, 7) is 4.64. The van der Waals surface area contributed by atoms with Crippen LogP contribution in [0.25, 0.3) is 5.78 Å². The third kappa shape index (κ3) is 3.60. The van der Waals surface area contributed by atoms with Gasteiger partial charge in [-0.2, -0.15) is 14.6 Å². The third-order valence-corrected chi connectivity index (χ3v) is 2.76. The highest BCUT2D eigenvalue weighted by Gasteiger charge is 2.14. The molecule has 0 atom stereocenters. The Labute approximate surface area is 115 Å². The number of alkyl halides is 2. The Bertz CT molecular complexity index is 542. The van der Waals surface area contributed by atoms with E-state index in [1.807, 2.05) is 0 Å². The smallest absolute Gasteiger partial charge is 0.280 e. The summed E-state index contributed by atoms with van der Waals surface area (Å²) in [4.78, 5) is 7.60. The summed E-state index contributed by atoms with van der Waals surface area (Å²) < 4.78 is 26.9. The van der Waals surface area contributed by atoms with E-state index in [0.29, 0.717) is 12.4 Å². The van der Waals surface area contributed by atoms with Gasteiger partial charge in [-0.05, 0) is 25.9 Å². The van der Waals surface area contributed by atoms with Crippen LogP contribution in [0.3, 0.4) is 0 Å². The lowest BCUT2D eigenvalue weighted by molar-refractivity contribution is 0.146. The second-order valence-corrected chi connectivity index (χ2v) is 4.37. The van der Waals surface area contributed by atoms with Crippen molar-refractivity contribution in [2.24, 2.45) is 0 Å². The number of hydrogen-bond donors (Lipinski definition) is 2. The molecule has 0 aliphatic heterocycles. The lowest BCUT2D eigenvalue weighted by atomic mass is 10.3. The zero-order chi connectivity index (χ0) is 14.4. The molecule has 0 saturated heterocycles. The molecular formula is C12H18F2N6. The molecule has 8 heteroatoms. The van der Waals surface area contributed by atoms with Gasteiger partial charge in [0.25, 0.3) is 12.2 Å². The average Bonchev–Trinajstić information content (AvgIpc) is 2.90. The molecule has 2 N–H and O–H groups in total. The number of halogens is 2. The Balaban J connectivity index is 1.99. The fourth-order valence-corrected chi connectivity index (χ4v) is 1.80. The molecule has 0 aromatic carbocycles. The molecule has 2 rings (SSSR count). The van der Waals surface area contributed by atoms with Gasteiger partial charge in [0.2, 0.25) is 0 Å². The first kappa shape index (κ1) is 14.6. The molecule has 6 nitrogen and oxygen atoms in total. The van der Waals surface area contributed by atoms with Crippen LogP contribution in [-0.4, -0.2) is 39.2 Å². The van der Waals surface area contributed by atoms with Crippen molar-refractivity contribution in [1.82, 2.24) is 24.9 Å². The molecule has 0 radical (unpaired) electrons. The molecule has 0 aliphatic rings. The molecule has 2 aromatic rings. The van der Waals surface area contributed by atoms with Gasteiger partial charge in [0.15, 0.2) is 0 Å². The first-order chi connectivity index (χ1) is 9.72. The van der Waals surface area contributed by atoms with E-state index in [9.17, 15) is 8.78 Å². The Morgan fingerprint density at radius 2 is 2.15 bits per heavy atom. The monoisotopic (exact) mass is 284 g/mol. The Hall–Kier alpha value is -1.83. The van der Waals surface area contributed by atoms with Crippen molar-refractivity contribution in [3.8, 4) is 0 Å². The summed E-state index contributed by atoms with van der Waals surface area (Å²) in [5.41, 5.74) is -0.294. The second kappa shape index (κ2) is 7.09. The van der Waals surface area contributed by atoms with Gasteiger partial charge in [-0.25, -0.2) is 13.8 Å². The zero-order valence-electron chi connectivity index (χ0n) is 11.3. The molecular weight excluding hydrogens is 266 g/mol. The minimum atomic E-state index is -2.62. The first-order valence-corrected chi connectivity index (χ1v) is 6.65. The highest BCUT2D eigenvalue weighted by atomic mass is 19.3. The van der Waals surface area contributed by atoms with E-state index in [0.717, 1.165) is 25.9 Å². The number of hydrogen-bond acceptors (Lipinski definition) is 5. The summed E-state index contributed by atoms with van der Waals surface area (Å²) in [6, 6.07) is 1.31. The van der Waals surface area contributed by atoms with Crippen molar-refractivity contribution in [3.05, 3.63) is 18.1 Å². The molecule has 2 heterocycles. The molecule has 0 saturated carbocycles. The highest BCUT2D eigenvalue weighted by molar-refractivity contribution is 5.45. The van der Waals surface area contributed by atoms with Gasteiger partial charge in [-0.1, -0.05) is 6.92 Å². The van der Waals surface area contributed by atoms with Gasteiger partial charge in [-0.15, -0.1) is 0 Å². The summed E-state index contributed by atoms with van der Waals surface area (Å²) >= 11 is 0. The average molecular weight is 284 g/mol. The number of aromatic nitrogens is 4. The van der Waals surface area contributed by atoms with Crippen molar-refractivity contribution < 1.29 is 8.78 Å². The predicted molar refractivity (Wildman–Crippen MR) is 72.0 cm³/mol. The Morgan fingerprint density at radius 3 is 2.90 bits per heavy atom. The van der Waals surface area contributed by atoms with Gasteiger partial charge < -0.3 is 10.6 Å². The van der Waals surface area contributed by atoms with Crippen LogP contribution in [0.15, 0.2) is 12.4 Å². The fourth-order valence-electron chi connectivity index (χ4n) is 1.80. The van der Waals surface area contributed by atoms with Crippen molar-refractivity contribution in [1.29, 1.82) is 0 Å². The van der Waals surface area contributed by atoms with Crippen LogP contribution >= 0.6 is 0 Å². The summed E-state index contributed by atoms with van der Waals surface area (Å²) in [5, 5.41) is 10.3. The van der Waals surface area contributed by atoms with E-state index in [4.69, 9.17) is 0 Å². The Morgan fingerprint density at radius 1 is 1.30 bits per heavy atom. The van der Waals surface area contributed by atoms with Crippen LogP contribution < -0.4 is 10.6 Å². The topological polar surface area (TPSA) is 67.1 Å². The molecule has 0 fully saturated rings. The predicted octanol–water partition coefficient (Wildman–Crippen LogP) is 1.86. The van der Waals surface area contributed by atoms with Gasteiger partial charge in [-0.3, -0.25) is 0 Å². The summed E-state index contributed by atoms with van der Waals surface area (Å²) in [5.74, 6) is 0.660. The van der Waals surface area contributed by atoms with E-state index < -0.39 is 6.43 Å². The van der Waals surface area contributed by atoms with Crippen molar-refractivity contribution in [2.45, 2.75) is 26.2 Å². The molecule has 20 heavy (non-hydrogen) atoms. The zero-order valence-corrected chi connectivity index (χ0v) is 11.3. The molecule has 0 spiro atoms. The minimum Gasteiger partial charge on any atom is -0.370 e. The molecule has 0 aliphatic carbocycles. The molecule has 0 unspecified atom stereocenters. The van der Waals surface area contributed by atoms with Crippen molar-refractivity contribution in [2.75, 3.05) is 25.0 Å². The van der Waals surface area contributed by atoms with E-state index >= 15 is 0 Å². The maximum absolute atomic E-state index is 12.8. The van der Waals surface area contributed by atoms with Crippen molar-refractivity contribution >= 4 is 11.6 Å². The number of nitrogens with one attached hydrogen (secondary N) is 2. The minimum absolute atomic E-state index is 0.175. The number of rotatable bonds is 8. The number of anilines is 1. The molecule has 110 valence electrons. The maximum Gasteiger partial charge on any atom is 0.280 e. The van der Waals surface area contributed by atoms with E-state index in [2.05, 4.69) is 32.6 Å². The van der Waals surface area contributed by atoms with Gasteiger partial charge in [0.05, 0.1) is 0 Å². The van der Waals surface area contributed by atoms with Gasteiger partial charge in [0, 0.05) is 12.6 Å². The summed E-state index contributed by atoms with van der Waals surface area (Å²) in [7, 11) is 0. The molecule has 2 aromatic heterocycles. The number of fused-ring (bicyclic) bond motifs is 1. The van der Waals surface area contributed by atoms with Crippen LogP contribution in [0.1, 0.15) is 31.9 Å². The quantitative estimate of drug-likeness (QED) is 0.724. The van der Waals surface area contributed by atoms with Crippen LogP contribution in [-0.2, 0) is 0 Å².